The largest absolute Gasteiger partial charge is 0.588 e. The van der Waals surface area contributed by atoms with E-state index in [-0.39, 0.29) is 0 Å². The summed E-state index contributed by atoms with van der Waals surface area (Å²) < 4.78 is 27.8. The Hall–Kier alpha value is -1.25. The van der Waals surface area contributed by atoms with Crippen LogP contribution >= 0.6 is 7.82 Å². The number of fused-ring (bicyclic) bond motifs is 1. The number of phosphoric acid groups is 1. The molecule has 0 aliphatic carbocycles. The molecule has 0 fully saturated rings. The summed E-state index contributed by atoms with van der Waals surface area (Å²) in [5.74, 6) is 0.872. The molecular formula is C11H13O4P. The molecule has 0 N–H and O–H groups in total. The fourth-order valence-electron chi connectivity index (χ4n) is 1.22. The van der Waals surface area contributed by atoms with Crippen LogP contribution in [0.5, 0.6) is 11.5 Å². The van der Waals surface area contributed by atoms with Crippen molar-refractivity contribution in [1.29, 1.82) is 0 Å². The van der Waals surface area contributed by atoms with Gasteiger partial charge in [-0.3, -0.25) is 4.52 Å². The molecular weight excluding hydrogens is 227 g/mol. The highest BCUT2D eigenvalue weighted by atomic mass is 31.2. The number of para-hydroxylation sites is 2. The molecule has 0 aromatic heterocycles. The lowest BCUT2D eigenvalue weighted by Crippen LogP contribution is -2.20. The van der Waals surface area contributed by atoms with Gasteiger partial charge in [-0.05, 0) is 26.0 Å². The molecule has 1 aliphatic heterocycles. The summed E-state index contributed by atoms with van der Waals surface area (Å²) in [5.41, 5.74) is -0.766. The molecule has 1 aromatic rings. The van der Waals surface area contributed by atoms with Crippen LogP contribution in [0.15, 0.2) is 36.9 Å². The van der Waals surface area contributed by atoms with Crippen molar-refractivity contribution in [3.05, 3.63) is 36.9 Å². The van der Waals surface area contributed by atoms with Crippen molar-refractivity contribution in [1.82, 2.24) is 0 Å². The van der Waals surface area contributed by atoms with Gasteiger partial charge in [0, 0.05) is 0 Å². The van der Waals surface area contributed by atoms with Gasteiger partial charge in [0.05, 0.1) is 5.60 Å². The fraction of sp³-hybridized carbons (Fsp3) is 0.273. The Morgan fingerprint density at radius 3 is 2.25 bits per heavy atom. The lowest BCUT2D eigenvalue weighted by molar-refractivity contribution is 0.121. The van der Waals surface area contributed by atoms with Gasteiger partial charge in [0.1, 0.15) is 0 Å². The van der Waals surface area contributed by atoms with Crippen molar-refractivity contribution in [2.75, 3.05) is 0 Å². The monoisotopic (exact) mass is 240 g/mol. The first kappa shape index (κ1) is 11.2. The molecule has 1 aromatic carbocycles. The first-order chi connectivity index (χ1) is 7.44. The Morgan fingerprint density at radius 2 is 1.81 bits per heavy atom. The lowest BCUT2D eigenvalue weighted by Gasteiger charge is -2.22. The highest BCUT2D eigenvalue weighted by molar-refractivity contribution is 7.49. The van der Waals surface area contributed by atoms with Crippen LogP contribution in [-0.2, 0) is 9.09 Å². The predicted octanol–water partition coefficient (Wildman–Crippen LogP) is 3.55. The minimum Gasteiger partial charge on any atom is -0.391 e. The zero-order chi connectivity index (χ0) is 11.8. The van der Waals surface area contributed by atoms with E-state index in [0.717, 1.165) is 0 Å². The second kappa shape index (κ2) is 3.65. The van der Waals surface area contributed by atoms with Crippen molar-refractivity contribution >= 4 is 7.82 Å². The van der Waals surface area contributed by atoms with E-state index in [1.54, 1.807) is 44.2 Å². The number of rotatable bonds is 3. The molecule has 1 heterocycles. The van der Waals surface area contributed by atoms with Gasteiger partial charge in [0.2, 0.25) is 0 Å². The Bertz CT molecular complexity index is 438. The van der Waals surface area contributed by atoms with Crippen LogP contribution in [0, 0.1) is 0 Å². The first-order valence-electron chi connectivity index (χ1n) is 4.87. The molecule has 0 radical (unpaired) electrons. The van der Waals surface area contributed by atoms with Crippen LogP contribution < -0.4 is 9.05 Å². The standard InChI is InChI=1S/C11H13O4P/c1-4-11(2,3)15-16(12)13-9-7-5-6-8-10(9)14-16/h4-8H,1H2,2-3H3. The third kappa shape index (κ3) is 2.13. The van der Waals surface area contributed by atoms with Gasteiger partial charge in [0.15, 0.2) is 11.5 Å². The third-order valence-electron chi connectivity index (χ3n) is 2.11. The zero-order valence-corrected chi connectivity index (χ0v) is 10.1. The maximum atomic E-state index is 12.1. The average Bonchev–Trinajstić information content (AvgIpc) is 2.52. The van der Waals surface area contributed by atoms with E-state index in [1.807, 2.05) is 0 Å². The van der Waals surface area contributed by atoms with Gasteiger partial charge in [-0.25, -0.2) is 4.57 Å². The third-order valence-corrected chi connectivity index (χ3v) is 3.64. The molecule has 0 saturated carbocycles. The van der Waals surface area contributed by atoms with Crippen LogP contribution in [0.3, 0.4) is 0 Å². The van der Waals surface area contributed by atoms with Crippen molar-refractivity contribution < 1.29 is 18.1 Å². The number of benzene rings is 1. The van der Waals surface area contributed by atoms with Crippen molar-refractivity contribution in [2.24, 2.45) is 0 Å². The Balaban J connectivity index is 2.21. The van der Waals surface area contributed by atoms with E-state index in [9.17, 15) is 4.57 Å². The van der Waals surface area contributed by atoms with Gasteiger partial charge >= 0.3 is 7.82 Å². The molecule has 0 bridgehead atoms. The van der Waals surface area contributed by atoms with Gasteiger partial charge in [0.25, 0.3) is 0 Å². The molecule has 0 spiro atoms. The molecule has 2 rings (SSSR count). The summed E-state index contributed by atoms with van der Waals surface area (Å²) in [6, 6.07) is 6.91. The fourth-order valence-corrected chi connectivity index (χ4v) is 2.77. The lowest BCUT2D eigenvalue weighted by atomic mass is 10.1. The van der Waals surface area contributed by atoms with E-state index in [2.05, 4.69) is 6.58 Å². The summed E-state index contributed by atoms with van der Waals surface area (Å²) in [7, 11) is -3.56. The van der Waals surface area contributed by atoms with Crippen LogP contribution in [0.2, 0.25) is 0 Å². The molecule has 0 atom stereocenters. The summed E-state index contributed by atoms with van der Waals surface area (Å²) in [4.78, 5) is 0. The Kier molecular flexibility index (Phi) is 2.56. The van der Waals surface area contributed by atoms with E-state index < -0.39 is 13.4 Å². The smallest absolute Gasteiger partial charge is 0.391 e. The van der Waals surface area contributed by atoms with Gasteiger partial charge in [-0.15, -0.1) is 6.58 Å². The minimum absolute atomic E-state index is 0.436. The van der Waals surface area contributed by atoms with Gasteiger partial charge in [-0.1, -0.05) is 18.2 Å². The molecule has 0 saturated heterocycles. The van der Waals surface area contributed by atoms with Gasteiger partial charge in [-0.2, -0.15) is 0 Å². The Morgan fingerprint density at radius 1 is 1.31 bits per heavy atom. The molecule has 5 heteroatoms. The maximum absolute atomic E-state index is 12.1. The van der Waals surface area contributed by atoms with Crippen LogP contribution in [-0.4, -0.2) is 5.60 Å². The van der Waals surface area contributed by atoms with Gasteiger partial charge < -0.3 is 9.05 Å². The summed E-state index contributed by atoms with van der Waals surface area (Å²) >= 11 is 0. The first-order valence-corrected chi connectivity index (χ1v) is 6.33. The molecule has 16 heavy (non-hydrogen) atoms. The van der Waals surface area contributed by atoms with E-state index in [1.165, 1.54) is 0 Å². The quantitative estimate of drug-likeness (QED) is 0.598. The second-order valence-corrected chi connectivity index (χ2v) is 5.42. The van der Waals surface area contributed by atoms with Crippen LogP contribution in [0.4, 0.5) is 0 Å². The Labute approximate surface area is 94.5 Å². The van der Waals surface area contributed by atoms with E-state index in [0.29, 0.717) is 11.5 Å². The molecule has 1 aliphatic rings. The highest BCUT2D eigenvalue weighted by Gasteiger charge is 2.42. The zero-order valence-electron chi connectivity index (χ0n) is 9.17. The maximum Gasteiger partial charge on any atom is 0.588 e. The van der Waals surface area contributed by atoms with Crippen molar-refractivity contribution in [3.63, 3.8) is 0 Å². The topological polar surface area (TPSA) is 44.8 Å². The van der Waals surface area contributed by atoms with Crippen LogP contribution in [0.1, 0.15) is 13.8 Å². The second-order valence-electron chi connectivity index (χ2n) is 3.98. The average molecular weight is 240 g/mol. The van der Waals surface area contributed by atoms with E-state index in [4.69, 9.17) is 13.6 Å². The number of hydrogen-bond donors (Lipinski definition) is 0. The minimum atomic E-state index is -3.56. The number of hydrogen-bond acceptors (Lipinski definition) is 4. The summed E-state index contributed by atoms with van der Waals surface area (Å²) in [6.07, 6.45) is 1.54. The van der Waals surface area contributed by atoms with Crippen molar-refractivity contribution in [2.45, 2.75) is 19.4 Å². The molecule has 0 amide bonds. The molecule has 4 nitrogen and oxygen atoms in total. The molecule has 86 valence electrons. The summed E-state index contributed by atoms with van der Waals surface area (Å²) in [5, 5.41) is 0. The van der Waals surface area contributed by atoms with E-state index >= 15 is 0 Å². The SMILES string of the molecule is C=CC(C)(C)OP1(=O)Oc2ccccc2O1. The predicted molar refractivity (Wildman–Crippen MR) is 60.7 cm³/mol. The number of phosphoric ester groups is 1. The molecule has 0 unspecified atom stereocenters. The summed E-state index contributed by atoms with van der Waals surface area (Å²) in [6.45, 7) is 7.06. The highest BCUT2D eigenvalue weighted by Crippen LogP contribution is 2.60. The van der Waals surface area contributed by atoms with Crippen molar-refractivity contribution in [3.8, 4) is 11.5 Å². The normalized spacial score (nSPS) is 17.1. The van der Waals surface area contributed by atoms with Crippen LogP contribution in [0.25, 0.3) is 0 Å².